The molecule has 0 spiro atoms. The lowest BCUT2D eigenvalue weighted by Crippen LogP contribution is -2.28. The normalized spacial score (nSPS) is 19.0. The molecule has 1 saturated heterocycles. The van der Waals surface area contributed by atoms with Crippen molar-refractivity contribution < 1.29 is 27.8 Å². The lowest BCUT2D eigenvalue weighted by Gasteiger charge is -2.31. The number of ether oxygens (including phenoxy) is 2. The molecule has 3 unspecified atom stereocenters. The smallest absolute Gasteiger partial charge is 0.201 e. The lowest BCUT2D eigenvalue weighted by atomic mass is 9.90. The monoisotopic (exact) mass is 468 g/mol. The summed E-state index contributed by atoms with van der Waals surface area (Å²) in [7, 11) is 0. The van der Waals surface area contributed by atoms with Gasteiger partial charge < -0.3 is 14.6 Å². The highest BCUT2D eigenvalue weighted by Gasteiger charge is 2.27. The maximum atomic E-state index is 14.9. The number of hydrogen-bond donors (Lipinski definition) is 1. The number of aliphatic hydroxyl groups is 1. The molecule has 1 aliphatic heterocycles. The second-order valence-electron chi connectivity index (χ2n) is 8.55. The van der Waals surface area contributed by atoms with Crippen LogP contribution in [0.3, 0.4) is 0 Å². The van der Waals surface area contributed by atoms with Crippen molar-refractivity contribution in [2.24, 2.45) is 5.92 Å². The van der Waals surface area contributed by atoms with Gasteiger partial charge in [0.1, 0.15) is 12.4 Å². The van der Waals surface area contributed by atoms with Gasteiger partial charge in [0.15, 0.2) is 11.6 Å². The third-order valence-electron chi connectivity index (χ3n) is 6.27. The second-order valence-corrected chi connectivity index (χ2v) is 8.55. The summed E-state index contributed by atoms with van der Waals surface area (Å²) in [5, 5.41) is 9.71. The summed E-state index contributed by atoms with van der Waals surface area (Å²) < 4.78 is 54.7. The zero-order valence-corrected chi connectivity index (χ0v) is 18.9. The molecule has 0 saturated carbocycles. The Hall–Kier alpha value is -3.09. The van der Waals surface area contributed by atoms with Crippen LogP contribution >= 0.6 is 0 Å². The van der Waals surface area contributed by atoms with Crippen molar-refractivity contribution in [3.8, 4) is 28.0 Å². The number of halogens is 3. The highest BCUT2D eigenvalue weighted by Crippen LogP contribution is 2.35. The van der Waals surface area contributed by atoms with E-state index in [9.17, 15) is 18.3 Å². The molecule has 0 aliphatic carbocycles. The fourth-order valence-electron chi connectivity index (χ4n) is 4.22. The van der Waals surface area contributed by atoms with E-state index in [0.717, 1.165) is 12.0 Å². The quantitative estimate of drug-likeness (QED) is 0.386. The molecule has 6 heteroatoms. The van der Waals surface area contributed by atoms with E-state index < -0.39 is 17.7 Å². The predicted octanol–water partition coefficient (Wildman–Crippen LogP) is 6.85. The van der Waals surface area contributed by atoms with Gasteiger partial charge in [-0.3, -0.25) is 0 Å². The Labute approximate surface area is 197 Å². The first-order chi connectivity index (χ1) is 16.4. The molecule has 4 rings (SSSR count). The van der Waals surface area contributed by atoms with Gasteiger partial charge in [-0.2, -0.15) is 4.39 Å². The van der Waals surface area contributed by atoms with Gasteiger partial charge in [0, 0.05) is 17.0 Å². The number of benzene rings is 3. The Morgan fingerprint density at radius 2 is 1.71 bits per heavy atom. The van der Waals surface area contributed by atoms with Gasteiger partial charge in [-0.15, -0.1) is 0 Å². The molecule has 3 atom stereocenters. The molecule has 3 aromatic carbocycles. The highest BCUT2D eigenvalue weighted by atomic mass is 19.2. The minimum Gasteiger partial charge on any atom is -0.486 e. The number of rotatable bonds is 7. The molecule has 0 amide bonds. The summed E-state index contributed by atoms with van der Waals surface area (Å²) in [6, 6.07) is 14.7. The lowest BCUT2D eigenvalue weighted by molar-refractivity contribution is -0.0528. The standard InChI is InChI=1S/C28H27F3O3/c1-3-14-33-26-13-11-22(27(30)28(26)31)19-6-4-18(5-7-19)20-8-10-23(24(29)15-20)25-12-9-21(16-34-25)17(2)32/h3-8,10-11,13,15,17,21,25,32H,1,9,12,14,16H2,2H3. The fraction of sp³-hybridized carbons (Fsp3) is 0.286. The van der Waals surface area contributed by atoms with Gasteiger partial charge in [0.2, 0.25) is 5.82 Å². The Bertz CT molecular complexity index is 1150. The number of hydrogen-bond acceptors (Lipinski definition) is 3. The predicted molar refractivity (Wildman–Crippen MR) is 126 cm³/mol. The molecule has 34 heavy (non-hydrogen) atoms. The van der Waals surface area contributed by atoms with E-state index in [1.165, 1.54) is 24.3 Å². The summed E-state index contributed by atoms with van der Waals surface area (Å²) in [6.07, 6.45) is 2.12. The third-order valence-corrected chi connectivity index (χ3v) is 6.27. The van der Waals surface area contributed by atoms with E-state index in [1.807, 2.05) is 6.07 Å². The first-order valence-corrected chi connectivity index (χ1v) is 11.3. The fourth-order valence-corrected chi connectivity index (χ4v) is 4.22. The molecule has 178 valence electrons. The molecule has 3 aromatic rings. The van der Waals surface area contributed by atoms with Crippen molar-refractivity contribution in [2.45, 2.75) is 32.0 Å². The first kappa shape index (κ1) is 24.0. The molecule has 0 aromatic heterocycles. The second kappa shape index (κ2) is 10.5. The molecule has 3 nitrogen and oxygen atoms in total. The number of aliphatic hydroxyl groups excluding tert-OH is 1. The van der Waals surface area contributed by atoms with Crippen molar-refractivity contribution in [3.05, 3.63) is 90.3 Å². The molecular formula is C28H27F3O3. The van der Waals surface area contributed by atoms with Crippen LogP contribution in [0.5, 0.6) is 5.75 Å². The minimum absolute atomic E-state index is 0.0753. The summed E-state index contributed by atoms with van der Waals surface area (Å²) in [5.41, 5.74) is 2.53. The van der Waals surface area contributed by atoms with Crippen LogP contribution in [0.25, 0.3) is 22.3 Å². The zero-order valence-electron chi connectivity index (χ0n) is 18.9. The first-order valence-electron chi connectivity index (χ1n) is 11.3. The van der Waals surface area contributed by atoms with Crippen molar-refractivity contribution in [2.75, 3.05) is 13.2 Å². The Morgan fingerprint density at radius 3 is 2.32 bits per heavy atom. The summed E-state index contributed by atoms with van der Waals surface area (Å²) >= 11 is 0. The SMILES string of the molecule is C=CCOc1ccc(-c2ccc(-c3ccc(C4CCC(C(C)O)CO4)c(F)c3)cc2)c(F)c1F. The van der Waals surface area contributed by atoms with Crippen LogP contribution in [-0.2, 0) is 4.74 Å². The molecule has 1 aliphatic rings. The van der Waals surface area contributed by atoms with Crippen LogP contribution in [0, 0.1) is 23.4 Å². The average Bonchev–Trinajstić information content (AvgIpc) is 2.85. The molecule has 1 N–H and O–H groups in total. The average molecular weight is 469 g/mol. The van der Waals surface area contributed by atoms with E-state index in [1.54, 1.807) is 37.3 Å². The molecular weight excluding hydrogens is 441 g/mol. The summed E-state index contributed by atoms with van der Waals surface area (Å²) in [4.78, 5) is 0. The Balaban J connectivity index is 1.51. The van der Waals surface area contributed by atoms with Crippen molar-refractivity contribution in [1.29, 1.82) is 0 Å². The Kier molecular flexibility index (Phi) is 7.39. The van der Waals surface area contributed by atoms with Crippen LogP contribution < -0.4 is 4.74 Å². The molecule has 0 bridgehead atoms. The highest BCUT2D eigenvalue weighted by molar-refractivity contribution is 5.71. The van der Waals surface area contributed by atoms with Crippen molar-refractivity contribution in [1.82, 2.24) is 0 Å². The summed E-state index contributed by atoms with van der Waals surface area (Å²) in [6.45, 7) is 5.72. The van der Waals surface area contributed by atoms with Crippen LogP contribution in [0.2, 0.25) is 0 Å². The molecule has 1 heterocycles. The van der Waals surface area contributed by atoms with E-state index >= 15 is 0 Å². The Morgan fingerprint density at radius 1 is 1.00 bits per heavy atom. The molecule has 0 radical (unpaired) electrons. The van der Waals surface area contributed by atoms with Gasteiger partial charge in [0.05, 0.1) is 18.8 Å². The van der Waals surface area contributed by atoms with Gasteiger partial charge in [-0.1, -0.05) is 49.1 Å². The van der Waals surface area contributed by atoms with E-state index in [4.69, 9.17) is 9.47 Å². The van der Waals surface area contributed by atoms with Gasteiger partial charge >= 0.3 is 0 Å². The van der Waals surface area contributed by atoms with E-state index in [0.29, 0.717) is 29.7 Å². The minimum atomic E-state index is -1.05. The van der Waals surface area contributed by atoms with Crippen molar-refractivity contribution >= 4 is 0 Å². The molecule has 1 fully saturated rings. The van der Waals surface area contributed by atoms with Crippen LogP contribution in [0.15, 0.2) is 67.3 Å². The van der Waals surface area contributed by atoms with Gasteiger partial charge in [-0.05, 0) is 54.7 Å². The largest absolute Gasteiger partial charge is 0.486 e. The van der Waals surface area contributed by atoms with Crippen LogP contribution in [-0.4, -0.2) is 24.4 Å². The van der Waals surface area contributed by atoms with E-state index in [-0.39, 0.29) is 35.8 Å². The maximum absolute atomic E-state index is 14.9. The van der Waals surface area contributed by atoms with Crippen molar-refractivity contribution in [3.63, 3.8) is 0 Å². The summed E-state index contributed by atoms with van der Waals surface area (Å²) in [5.74, 6) is -2.49. The van der Waals surface area contributed by atoms with Crippen LogP contribution in [0.1, 0.15) is 31.4 Å². The van der Waals surface area contributed by atoms with Gasteiger partial charge in [-0.25, -0.2) is 8.78 Å². The topological polar surface area (TPSA) is 38.7 Å². The zero-order chi connectivity index (χ0) is 24.2. The van der Waals surface area contributed by atoms with E-state index in [2.05, 4.69) is 6.58 Å². The van der Waals surface area contributed by atoms with Gasteiger partial charge in [0.25, 0.3) is 0 Å². The van der Waals surface area contributed by atoms with Crippen LogP contribution in [0.4, 0.5) is 13.2 Å². The third kappa shape index (κ3) is 5.03. The maximum Gasteiger partial charge on any atom is 0.201 e.